The summed E-state index contributed by atoms with van der Waals surface area (Å²) < 4.78 is 8.53. The van der Waals surface area contributed by atoms with Crippen LogP contribution in [0.4, 0.5) is 0 Å². The van der Waals surface area contributed by atoms with Crippen molar-refractivity contribution in [3.8, 4) is 6.07 Å². The third-order valence-corrected chi connectivity index (χ3v) is 6.16. The molecule has 0 fully saturated rings. The number of hydrogen-bond acceptors (Lipinski definition) is 3. The lowest BCUT2D eigenvalue weighted by Crippen LogP contribution is -2.36. The van der Waals surface area contributed by atoms with Crippen molar-refractivity contribution >= 4 is 8.30 Å². The maximum atomic E-state index is 8.65. The second-order valence-corrected chi connectivity index (χ2v) is 7.74. The molecule has 2 atom stereocenters. The molecule has 0 aliphatic heterocycles. The van der Waals surface area contributed by atoms with Gasteiger partial charge in [0.2, 0.25) is 0 Å². The second kappa shape index (κ2) is 8.86. The average molecular weight is 272 g/mol. The van der Waals surface area contributed by atoms with Crippen LogP contribution >= 0.6 is 8.30 Å². The van der Waals surface area contributed by atoms with Crippen molar-refractivity contribution in [3.63, 3.8) is 0 Å². The summed E-state index contributed by atoms with van der Waals surface area (Å²) in [6.07, 6.45) is 0.480. The molecule has 0 heterocycles. The van der Waals surface area contributed by atoms with Crippen LogP contribution in [0.2, 0.25) is 0 Å². The van der Waals surface area contributed by atoms with Crippen molar-refractivity contribution in [2.24, 2.45) is 5.92 Å². The van der Waals surface area contributed by atoms with Gasteiger partial charge in [-0.25, -0.2) is 0 Å². The summed E-state index contributed by atoms with van der Waals surface area (Å²) in [5.74, 6) is 0.596. The molecule has 0 N–H and O–H groups in total. The van der Waals surface area contributed by atoms with E-state index in [0.717, 1.165) is 0 Å². The molecule has 0 bridgehead atoms. The van der Waals surface area contributed by atoms with Gasteiger partial charge in [-0.05, 0) is 33.6 Å². The predicted octanol–water partition coefficient (Wildman–Crippen LogP) is 4.39. The van der Waals surface area contributed by atoms with Crippen LogP contribution in [0.3, 0.4) is 0 Å². The molecular formula is C14H29N2OP. The first kappa shape index (κ1) is 17.8. The topological polar surface area (TPSA) is 36.3 Å². The monoisotopic (exact) mass is 272 g/mol. The maximum Gasteiger partial charge on any atom is 0.107 e. The fourth-order valence-electron chi connectivity index (χ4n) is 1.89. The van der Waals surface area contributed by atoms with Crippen LogP contribution in [0.5, 0.6) is 0 Å². The van der Waals surface area contributed by atoms with Gasteiger partial charge in [-0.1, -0.05) is 20.8 Å². The Labute approximate surface area is 114 Å². The molecule has 3 nitrogen and oxygen atoms in total. The zero-order valence-electron chi connectivity index (χ0n) is 13.0. The zero-order chi connectivity index (χ0) is 14.3. The molecule has 0 amide bonds. The fourth-order valence-corrected chi connectivity index (χ4v) is 4.37. The summed E-state index contributed by atoms with van der Waals surface area (Å²) in [7, 11) is -0.633. The van der Waals surface area contributed by atoms with Crippen LogP contribution in [0.1, 0.15) is 54.9 Å². The summed E-state index contributed by atoms with van der Waals surface area (Å²) in [5, 5.41) is 8.65. The van der Waals surface area contributed by atoms with Crippen molar-refractivity contribution in [1.29, 1.82) is 5.26 Å². The van der Waals surface area contributed by atoms with Gasteiger partial charge in [0.05, 0.1) is 19.1 Å². The van der Waals surface area contributed by atoms with Crippen molar-refractivity contribution in [2.45, 2.75) is 72.6 Å². The van der Waals surface area contributed by atoms with E-state index in [4.69, 9.17) is 9.79 Å². The lowest BCUT2D eigenvalue weighted by atomic mass is 10.2. The Kier molecular flexibility index (Phi) is 8.78. The van der Waals surface area contributed by atoms with Crippen molar-refractivity contribution in [1.82, 2.24) is 4.67 Å². The molecule has 0 rings (SSSR count). The minimum Gasteiger partial charge on any atom is -0.342 e. The standard InChI is InChI=1S/C14H29N2OP/c1-11(2)14(7)18(17-10-8-9-15)16(12(3)4)13(5)6/h11-14H,8,10H2,1-7H3. The van der Waals surface area contributed by atoms with E-state index in [1.165, 1.54) is 0 Å². The van der Waals surface area contributed by atoms with E-state index in [1.807, 2.05) is 0 Å². The number of hydrogen-bond donors (Lipinski definition) is 0. The minimum atomic E-state index is -0.633. The van der Waals surface area contributed by atoms with Crippen LogP contribution < -0.4 is 0 Å². The maximum absolute atomic E-state index is 8.65. The second-order valence-electron chi connectivity index (χ2n) is 5.60. The number of nitrogens with zero attached hydrogens (tertiary/aromatic N) is 2. The molecule has 0 aliphatic rings. The molecule has 0 aromatic rings. The van der Waals surface area contributed by atoms with Gasteiger partial charge in [0.25, 0.3) is 0 Å². The van der Waals surface area contributed by atoms with E-state index in [9.17, 15) is 0 Å². The molecule has 0 saturated carbocycles. The lowest BCUT2D eigenvalue weighted by molar-refractivity contribution is 0.248. The third-order valence-electron chi connectivity index (χ3n) is 3.04. The minimum absolute atomic E-state index is 0.472. The van der Waals surface area contributed by atoms with Gasteiger partial charge < -0.3 is 4.52 Å². The molecular weight excluding hydrogens is 243 g/mol. The van der Waals surface area contributed by atoms with Crippen LogP contribution in [-0.2, 0) is 4.52 Å². The van der Waals surface area contributed by atoms with Crippen molar-refractivity contribution in [2.75, 3.05) is 6.61 Å². The molecule has 2 unspecified atom stereocenters. The first-order valence-corrected chi connectivity index (χ1v) is 8.18. The van der Waals surface area contributed by atoms with E-state index in [1.54, 1.807) is 0 Å². The van der Waals surface area contributed by atoms with Gasteiger partial charge in [0, 0.05) is 17.7 Å². The smallest absolute Gasteiger partial charge is 0.107 e. The Balaban J connectivity index is 4.86. The normalized spacial score (nSPS) is 15.4. The quantitative estimate of drug-likeness (QED) is 0.485. The third kappa shape index (κ3) is 5.65. The molecule has 0 aromatic carbocycles. The van der Waals surface area contributed by atoms with E-state index < -0.39 is 8.30 Å². The summed E-state index contributed by atoms with van der Waals surface area (Å²) in [6, 6.07) is 3.10. The Morgan fingerprint density at radius 1 is 1.06 bits per heavy atom. The van der Waals surface area contributed by atoms with Gasteiger partial charge in [-0.2, -0.15) is 5.26 Å². The molecule has 106 valence electrons. The van der Waals surface area contributed by atoms with Gasteiger partial charge >= 0.3 is 0 Å². The molecule has 4 heteroatoms. The van der Waals surface area contributed by atoms with E-state index in [2.05, 4.69) is 59.2 Å². The predicted molar refractivity (Wildman–Crippen MR) is 79.5 cm³/mol. The zero-order valence-corrected chi connectivity index (χ0v) is 13.9. The lowest BCUT2D eigenvalue weighted by Gasteiger charge is -2.41. The van der Waals surface area contributed by atoms with E-state index >= 15 is 0 Å². The Morgan fingerprint density at radius 3 is 1.89 bits per heavy atom. The van der Waals surface area contributed by atoms with Gasteiger partial charge in [-0.15, -0.1) is 0 Å². The molecule has 0 aliphatic carbocycles. The van der Waals surface area contributed by atoms with Crippen LogP contribution in [0, 0.1) is 17.2 Å². The van der Waals surface area contributed by atoms with E-state index in [-0.39, 0.29) is 0 Å². The highest BCUT2D eigenvalue weighted by atomic mass is 31.2. The molecule has 0 spiro atoms. The SMILES string of the molecule is CC(C)C(C)P(OCCC#N)N(C(C)C)C(C)C. The first-order chi connectivity index (χ1) is 8.32. The Hall–Kier alpha value is -0.160. The van der Waals surface area contributed by atoms with Crippen molar-refractivity contribution < 1.29 is 4.52 Å². The van der Waals surface area contributed by atoms with Crippen LogP contribution in [0.25, 0.3) is 0 Å². The fraction of sp³-hybridized carbons (Fsp3) is 0.929. The molecule has 0 radical (unpaired) electrons. The summed E-state index contributed by atoms with van der Waals surface area (Å²) >= 11 is 0. The largest absolute Gasteiger partial charge is 0.342 e. The molecule has 18 heavy (non-hydrogen) atoms. The highest BCUT2D eigenvalue weighted by Crippen LogP contribution is 2.51. The molecule has 0 saturated heterocycles. The van der Waals surface area contributed by atoms with Gasteiger partial charge in [0.1, 0.15) is 8.30 Å². The summed E-state index contributed by atoms with van der Waals surface area (Å²) in [6.45, 7) is 16.2. The van der Waals surface area contributed by atoms with Gasteiger partial charge in [0.15, 0.2) is 0 Å². The average Bonchev–Trinajstić information content (AvgIpc) is 2.25. The van der Waals surface area contributed by atoms with Gasteiger partial charge in [-0.3, -0.25) is 4.67 Å². The highest BCUT2D eigenvalue weighted by molar-refractivity contribution is 7.50. The number of nitriles is 1. The highest BCUT2D eigenvalue weighted by Gasteiger charge is 2.31. The van der Waals surface area contributed by atoms with Crippen LogP contribution in [0.15, 0.2) is 0 Å². The van der Waals surface area contributed by atoms with Crippen LogP contribution in [-0.4, -0.2) is 29.0 Å². The summed E-state index contributed by atoms with van der Waals surface area (Å²) in [4.78, 5) is 0. The molecule has 0 aromatic heterocycles. The first-order valence-electron chi connectivity index (χ1n) is 6.90. The van der Waals surface area contributed by atoms with Crippen molar-refractivity contribution in [3.05, 3.63) is 0 Å². The van der Waals surface area contributed by atoms with E-state index in [0.29, 0.717) is 36.7 Å². The Morgan fingerprint density at radius 2 is 1.56 bits per heavy atom. The number of rotatable bonds is 8. The Bertz CT molecular complexity index is 253. The summed E-state index contributed by atoms with van der Waals surface area (Å²) in [5.41, 5.74) is 0.517.